The SMILES string of the molecule is Cc1ccccc1C1CC1C(=O)NC1CNCCC1C. The van der Waals surface area contributed by atoms with Crippen molar-refractivity contribution in [1.29, 1.82) is 0 Å². The molecule has 1 aromatic rings. The van der Waals surface area contributed by atoms with Crippen LogP contribution >= 0.6 is 0 Å². The predicted molar refractivity (Wildman–Crippen MR) is 80.6 cm³/mol. The lowest BCUT2D eigenvalue weighted by molar-refractivity contribution is -0.123. The van der Waals surface area contributed by atoms with Crippen LogP contribution in [0.5, 0.6) is 0 Å². The van der Waals surface area contributed by atoms with Crippen LogP contribution in [0.1, 0.15) is 36.8 Å². The van der Waals surface area contributed by atoms with Crippen molar-refractivity contribution in [1.82, 2.24) is 10.6 Å². The Morgan fingerprint density at radius 2 is 2.15 bits per heavy atom. The van der Waals surface area contributed by atoms with E-state index in [0.29, 0.717) is 17.9 Å². The number of rotatable bonds is 3. The van der Waals surface area contributed by atoms with Crippen LogP contribution in [0.25, 0.3) is 0 Å². The molecule has 1 aliphatic heterocycles. The molecule has 0 aromatic heterocycles. The van der Waals surface area contributed by atoms with Crippen molar-refractivity contribution >= 4 is 5.91 Å². The van der Waals surface area contributed by atoms with Crippen molar-refractivity contribution in [3.8, 4) is 0 Å². The zero-order valence-electron chi connectivity index (χ0n) is 12.4. The van der Waals surface area contributed by atoms with Crippen LogP contribution in [0.3, 0.4) is 0 Å². The van der Waals surface area contributed by atoms with E-state index in [-0.39, 0.29) is 11.8 Å². The van der Waals surface area contributed by atoms with Crippen molar-refractivity contribution in [2.24, 2.45) is 11.8 Å². The highest BCUT2D eigenvalue weighted by atomic mass is 16.2. The molecule has 2 N–H and O–H groups in total. The van der Waals surface area contributed by atoms with E-state index in [9.17, 15) is 4.79 Å². The molecule has 4 unspecified atom stereocenters. The summed E-state index contributed by atoms with van der Waals surface area (Å²) in [6.07, 6.45) is 2.15. The summed E-state index contributed by atoms with van der Waals surface area (Å²) < 4.78 is 0. The number of carbonyl (C=O) groups excluding carboxylic acids is 1. The molecule has 0 bridgehead atoms. The normalized spacial score (nSPS) is 32.7. The summed E-state index contributed by atoms with van der Waals surface area (Å²) in [4.78, 5) is 12.4. The second kappa shape index (κ2) is 5.57. The smallest absolute Gasteiger partial charge is 0.224 e. The fourth-order valence-corrected chi connectivity index (χ4v) is 3.30. The lowest BCUT2D eigenvalue weighted by atomic mass is 9.94. The molecular weight excluding hydrogens is 248 g/mol. The van der Waals surface area contributed by atoms with E-state index in [1.54, 1.807) is 0 Å². The van der Waals surface area contributed by atoms with Crippen LogP contribution in [0.2, 0.25) is 0 Å². The van der Waals surface area contributed by atoms with E-state index >= 15 is 0 Å². The minimum absolute atomic E-state index is 0.185. The van der Waals surface area contributed by atoms with E-state index in [1.807, 2.05) is 0 Å². The third kappa shape index (κ3) is 2.73. The number of hydrogen-bond donors (Lipinski definition) is 2. The summed E-state index contributed by atoms with van der Waals surface area (Å²) in [7, 11) is 0. The molecule has 4 atom stereocenters. The first kappa shape index (κ1) is 13.6. The Bertz CT molecular complexity index is 500. The van der Waals surface area contributed by atoms with Crippen LogP contribution in [0, 0.1) is 18.8 Å². The maximum absolute atomic E-state index is 12.4. The number of nitrogens with one attached hydrogen (secondary N) is 2. The standard InChI is InChI=1S/C17H24N2O/c1-11-5-3-4-6-13(11)14-9-15(14)17(20)19-16-10-18-8-7-12(16)2/h3-6,12,14-16,18H,7-10H2,1-2H3,(H,19,20). The molecule has 108 valence electrons. The van der Waals surface area contributed by atoms with Crippen molar-refractivity contribution < 1.29 is 4.79 Å². The quantitative estimate of drug-likeness (QED) is 0.886. The van der Waals surface area contributed by atoms with E-state index in [0.717, 1.165) is 25.9 Å². The highest BCUT2D eigenvalue weighted by molar-refractivity contribution is 5.83. The largest absolute Gasteiger partial charge is 0.352 e. The molecule has 0 radical (unpaired) electrons. The van der Waals surface area contributed by atoms with Gasteiger partial charge < -0.3 is 10.6 Å². The van der Waals surface area contributed by atoms with Gasteiger partial charge in [-0.25, -0.2) is 0 Å². The van der Waals surface area contributed by atoms with Crippen molar-refractivity contribution in [2.45, 2.75) is 38.6 Å². The zero-order valence-corrected chi connectivity index (χ0v) is 12.4. The Morgan fingerprint density at radius 3 is 2.90 bits per heavy atom. The topological polar surface area (TPSA) is 41.1 Å². The lowest BCUT2D eigenvalue weighted by Gasteiger charge is -2.30. The Kier molecular flexibility index (Phi) is 3.79. The number of carbonyl (C=O) groups is 1. The monoisotopic (exact) mass is 272 g/mol. The maximum atomic E-state index is 12.4. The third-order valence-corrected chi connectivity index (χ3v) is 4.87. The van der Waals surface area contributed by atoms with Crippen molar-refractivity contribution in [3.63, 3.8) is 0 Å². The van der Waals surface area contributed by atoms with Crippen molar-refractivity contribution in [2.75, 3.05) is 13.1 Å². The second-order valence-electron chi connectivity index (χ2n) is 6.39. The number of amides is 1. The summed E-state index contributed by atoms with van der Waals surface area (Å²) in [5, 5.41) is 6.62. The second-order valence-corrected chi connectivity index (χ2v) is 6.39. The average Bonchev–Trinajstić information content (AvgIpc) is 3.22. The van der Waals surface area contributed by atoms with Gasteiger partial charge in [0.05, 0.1) is 0 Å². The zero-order chi connectivity index (χ0) is 14.1. The maximum Gasteiger partial charge on any atom is 0.224 e. The molecule has 1 aromatic carbocycles. The molecule has 3 rings (SSSR count). The van der Waals surface area contributed by atoms with E-state index in [2.05, 4.69) is 48.7 Å². The third-order valence-electron chi connectivity index (χ3n) is 4.87. The van der Waals surface area contributed by atoms with E-state index in [1.165, 1.54) is 11.1 Å². The Hall–Kier alpha value is -1.35. The first-order valence-corrected chi connectivity index (χ1v) is 7.73. The molecule has 1 heterocycles. The summed E-state index contributed by atoms with van der Waals surface area (Å²) in [6, 6.07) is 8.73. The minimum Gasteiger partial charge on any atom is -0.352 e. The van der Waals surface area contributed by atoms with Gasteiger partial charge in [-0.15, -0.1) is 0 Å². The molecule has 1 saturated heterocycles. The van der Waals surface area contributed by atoms with Gasteiger partial charge in [-0.1, -0.05) is 31.2 Å². The van der Waals surface area contributed by atoms with Gasteiger partial charge in [0.1, 0.15) is 0 Å². The molecule has 1 amide bonds. The number of piperidine rings is 1. The average molecular weight is 272 g/mol. The summed E-state index contributed by atoms with van der Waals surface area (Å²) >= 11 is 0. The van der Waals surface area contributed by atoms with Gasteiger partial charge in [-0.05, 0) is 49.3 Å². The van der Waals surface area contributed by atoms with Gasteiger partial charge in [0.2, 0.25) is 5.91 Å². The fraction of sp³-hybridized carbons (Fsp3) is 0.588. The fourth-order valence-electron chi connectivity index (χ4n) is 3.30. The van der Waals surface area contributed by atoms with Crippen LogP contribution in [0.4, 0.5) is 0 Å². The van der Waals surface area contributed by atoms with E-state index < -0.39 is 0 Å². The van der Waals surface area contributed by atoms with Gasteiger partial charge in [-0.3, -0.25) is 4.79 Å². The van der Waals surface area contributed by atoms with Crippen LogP contribution in [0.15, 0.2) is 24.3 Å². The number of benzene rings is 1. The summed E-state index contributed by atoms with van der Waals surface area (Å²) in [6.45, 7) is 6.35. The van der Waals surface area contributed by atoms with Gasteiger partial charge in [-0.2, -0.15) is 0 Å². The molecule has 0 spiro atoms. The predicted octanol–water partition coefficient (Wildman–Crippen LogP) is 2.21. The van der Waals surface area contributed by atoms with Crippen LogP contribution < -0.4 is 10.6 Å². The molecule has 1 aliphatic carbocycles. The van der Waals surface area contributed by atoms with Gasteiger partial charge in [0.15, 0.2) is 0 Å². The molecule has 3 heteroatoms. The van der Waals surface area contributed by atoms with Gasteiger partial charge in [0, 0.05) is 18.5 Å². The first-order chi connectivity index (χ1) is 9.66. The summed E-state index contributed by atoms with van der Waals surface area (Å²) in [5.41, 5.74) is 2.66. The minimum atomic E-state index is 0.185. The van der Waals surface area contributed by atoms with Gasteiger partial charge >= 0.3 is 0 Å². The number of aryl methyl sites for hydroxylation is 1. The Morgan fingerprint density at radius 1 is 1.35 bits per heavy atom. The molecule has 20 heavy (non-hydrogen) atoms. The Labute approximate surface area is 121 Å². The molecule has 2 fully saturated rings. The first-order valence-electron chi connectivity index (χ1n) is 7.73. The molecule has 2 aliphatic rings. The molecular formula is C17H24N2O. The lowest BCUT2D eigenvalue weighted by Crippen LogP contribution is -2.50. The van der Waals surface area contributed by atoms with E-state index in [4.69, 9.17) is 0 Å². The van der Waals surface area contributed by atoms with Crippen molar-refractivity contribution in [3.05, 3.63) is 35.4 Å². The van der Waals surface area contributed by atoms with Crippen LogP contribution in [-0.2, 0) is 4.79 Å². The number of hydrogen-bond acceptors (Lipinski definition) is 2. The highest BCUT2D eigenvalue weighted by Crippen LogP contribution is 2.48. The molecule has 3 nitrogen and oxygen atoms in total. The van der Waals surface area contributed by atoms with Crippen LogP contribution in [-0.4, -0.2) is 25.0 Å². The highest BCUT2D eigenvalue weighted by Gasteiger charge is 2.45. The molecule has 1 saturated carbocycles. The Balaban J connectivity index is 1.59. The van der Waals surface area contributed by atoms with Gasteiger partial charge in [0.25, 0.3) is 0 Å². The summed E-state index contributed by atoms with van der Waals surface area (Å²) in [5.74, 6) is 1.45.